The number of amides is 1. The van der Waals surface area contributed by atoms with Crippen molar-refractivity contribution in [2.75, 3.05) is 26.7 Å². The van der Waals surface area contributed by atoms with Crippen LogP contribution in [0.4, 0.5) is 0 Å². The molecule has 194 valence electrons. The van der Waals surface area contributed by atoms with E-state index in [4.69, 9.17) is 11.5 Å². The smallest absolute Gasteiger partial charge is 0.256 e. The summed E-state index contributed by atoms with van der Waals surface area (Å²) in [6.07, 6.45) is 10.0. The van der Waals surface area contributed by atoms with Gasteiger partial charge in [0.2, 0.25) is 0 Å². The maximum Gasteiger partial charge on any atom is 0.256 e. The molecule has 3 unspecified atom stereocenters. The van der Waals surface area contributed by atoms with E-state index >= 15 is 0 Å². The molecule has 0 spiro atoms. The van der Waals surface area contributed by atoms with Gasteiger partial charge in [0, 0.05) is 31.5 Å². The maximum atomic E-state index is 14.2. The van der Waals surface area contributed by atoms with Crippen LogP contribution >= 0.6 is 0 Å². The van der Waals surface area contributed by atoms with Crippen LogP contribution in [-0.2, 0) is 22.4 Å². The Morgan fingerprint density at radius 2 is 1.60 bits per heavy atom. The Kier molecular flexibility index (Phi) is 8.31. The van der Waals surface area contributed by atoms with Gasteiger partial charge in [-0.3, -0.25) is 14.9 Å². The van der Waals surface area contributed by atoms with Crippen LogP contribution in [0.25, 0.3) is 0 Å². The Hall–Kier alpha value is -1.80. The Morgan fingerprint density at radius 3 is 2.20 bits per heavy atom. The summed E-state index contributed by atoms with van der Waals surface area (Å²) in [6, 6.07) is 8.74. The minimum absolute atomic E-state index is 0.0188. The third-order valence-corrected chi connectivity index (χ3v) is 8.97. The quantitative estimate of drug-likeness (QED) is 0.422. The summed E-state index contributed by atoms with van der Waals surface area (Å²) < 4.78 is 0. The molecule has 0 saturated heterocycles. The van der Waals surface area contributed by atoms with Crippen LogP contribution in [0.5, 0.6) is 0 Å². The lowest BCUT2D eigenvalue weighted by Crippen LogP contribution is -2.73. The summed E-state index contributed by atoms with van der Waals surface area (Å²) in [4.78, 5) is 29.8. The molecule has 35 heavy (non-hydrogen) atoms. The molecule has 0 aromatic heterocycles. The first kappa shape index (κ1) is 26.3. The number of hydrogen-bond donors (Lipinski definition) is 4. The summed E-state index contributed by atoms with van der Waals surface area (Å²) in [7, 11) is 1.65. The number of rotatable bonds is 8. The fourth-order valence-electron chi connectivity index (χ4n) is 6.49. The number of hydrogen-bond acceptors (Lipinski definition) is 6. The standard InChI is InChI=1S/C28H45N5O2/c1-27(29,31-2)26(35)32-28(30,23-12-4-3-5-13-23)25(34)24-14-8-11-22(24)19-33-17-15-20-9-6-7-10-21(20)16-18-33/h6-7,9-10,22-24,31H,3-5,8,11-19,29-30H2,1-2H3,(H,32,35)/t22?,24?,27?,28-/m0/s1. The second-order valence-electron chi connectivity index (χ2n) is 11.3. The van der Waals surface area contributed by atoms with E-state index < -0.39 is 17.2 Å². The first-order valence-corrected chi connectivity index (χ1v) is 13.7. The van der Waals surface area contributed by atoms with Gasteiger partial charge in [0.15, 0.2) is 11.4 Å². The van der Waals surface area contributed by atoms with Gasteiger partial charge >= 0.3 is 0 Å². The number of likely N-dealkylation sites (N-methyl/N-ethyl adjacent to an activating group) is 1. The van der Waals surface area contributed by atoms with Crippen molar-refractivity contribution in [1.82, 2.24) is 15.5 Å². The zero-order valence-corrected chi connectivity index (χ0v) is 21.7. The predicted molar refractivity (Wildman–Crippen MR) is 139 cm³/mol. The van der Waals surface area contributed by atoms with Crippen LogP contribution in [0.1, 0.15) is 69.4 Å². The van der Waals surface area contributed by atoms with Crippen LogP contribution in [0.15, 0.2) is 24.3 Å². The number of ketones is 1. The topological polar surface area (TPSA) is 113 Å². The summed E-state index contributed by atoms with van der Waals surface area (Å²) in [6.45, 7) is 4.58. The molecule has 1 aromatic carbocycles. The fraction of sp³-hybridized carbons (Fsp3) is 0.714. The fourth-order valence-corrected chi connectivity index (χ4v) is 6.49. The average molecular weight is 484 g/mol. The number of Topliss-reactive ketones (excluding diaryl/α,β-unsaturated/α-hetero) is 1. The molecular formula is C28H45N5O2. The highest BCUT2D eigenvalue weighted by Gasteiger charge is 2.50. The first-order chi connectivity index (χ1) is 16.7. The Bertz CT molecular complexity index is 870. The van der Waals surface area contributed by atoms with Crippen LogP contribution in [-0.4, -0.2) is 54.6 Å². The largest absolute Gasteiger partial charge is 0.329 e. The van der Waals surface area contributed by atoms with E-state index in [1.54, 1.807) is 14.0 Å². The summed E-state index contributed by atoms with van der Waals surface area (Å²) in [5.74, 6) is -0.284. The predicted octanol–water partition coefficient (Wildman–Crippen LogP) is 2.32. The van der Waals surface area contributed by atoms with Gasteiger partial charge in [0.25, 0.3) is 5.91 Å². The van der Waals surface area contributed by atoms with Crippen LogP contribution in [0.2, 0.25) is 0 Å². The lowest BCUT2D eigenvalue weighted by Gasteiger charge is -2.43. The zero-order chi connectivity index (χ0) is 25.1. The Balaban J connectivity index is 1.49. The number of nitrogens with zero attached hydrogens (tertiary/aromatic N) is 1. The van der Waals surface area contributed by atoms with Crippen molar-refractivity contribution in [1.29, 1.82) is 0 Å². The molecule has 7 nitrogen and oxygen atoms in total. The van der Waals surface area contributed by atoms with Crippen molar-refractivity contribution < 1.29 is 9.59 Å². The van der Waals surface area contributed by atoms with E-state index in [1.165, 1.54) is 11.1 Å². The number of nitrogens with two attached hydrogens (primary N) is 2. The molecule has 4 atom stereocenters. The van der Waals surface area contributed by atoms with Crippen LogP contribution in [0, 0.1) is 17.8 Å². The molecule has 2 fully saturated rings. The molecule has 2 aliphatic carbocycles. The maximum absolute atomic E-state index is 14.2. The first-order valence-electron chi connectivity index (χ1n) is 13.7. The normalized spacial score (nSPS) is 27.3. The molecule has 1 aliphatic heterocycles. The number of benzene rings is 1. The third kappa shape index (κ3) is 5.79. The Labute approximate surface area is 210 Å². The molecule has 1 heterocycles. The highest BCUT2D eigenvalue weighted by atomic mass is 16.2. The third-order valence-electron chi connectivity index (χ3n) is 8.97. The molecular weight excluding hydrogens is 438 g/mol. The number of carbonyl (C=O) groups excluding carboxylic acids is 2. The second kappa shape index (κ2) is 11.1. The van der Waals surface area contributed by atoms with Crippen molar-refractivity contribution in [3.8, 4) is 0 Å². The monoisotopic (exact) mass is 483 g/mol. The van der Waals surface area contributed by atoms with E-state index in [2.05, 4.69) is 39.8 Å². The van der Waals surface area contributed by atoms with Gasteiger partial charge in [-0.15, -0.1) is 0 Å². The van der Waals surface area contributed by atoms with Gasteiger partial charge in [-0.2, -0.15) is 0 Å². The molecule has 1 amide bonds. The molecule has 0 radical (unpaired) electrons. The average Bonchev–Trinajstić information content (AvgIpc) is 3.23. The molecule has 4 rings (SSSR count). The van der Waals surface area contributed by atoms with Gasteiger partial charge in [0.05, 0.1) is 0 Å². The van der Waals surface area contributed by atoms with Gasteiger partial charge < -0.3 is 21.7 Å². The number of nitrogens with one attached hydrogen (secondary N) is 2. The highest BCUT2D eigenvalue weighted by molar-refractivity contribution is 5.96. The Morgan fingerprint density at radius 1 is 0.971 bits per heavy atom. The molecule has 3 aliphatic rings. The molecule has 1 aromatic rings. The number of carbonyl (C=O) groups is 2. The zero-order valence-electron chi connectivity index (χ0n) is 21.7. The molecule has 7 heteroatoms. The summed E-state index contributed by atoms with van der Waals surface area (Å²) in [5, 5.41) is 5.81. The lowest BCUT2D eigenvalue weighted by atomic mass is 9.73. The molecule has 6 N–H and O–H groups in total. The van der Waals surface area contributed by atoms with E-state index in [-0.39, 0.29) is 23.5 Å². The SMILES string of the molecule is CNC(C)(N)C(=O)N[C@](N)(C(=O)C1CCCC1CN1CCc2ccccc2CC1)C1CCCCC1. The summed E-state index contributed by atoms with van der Waals surface area (Å²) >= 11 is 0. The van der Waals surface area contributed by atoms with Crippen molar-refractivity contribution in [3.63, 3.8) is 0 Å². The van der Waals surface area contributed by atoms with Gasteiger partial charge in [-0.1, -0.05) is 49.9 Å². The van der Waals surface area contributed by atoms with E-state index in [0.29, 0.717) is 0 Å². The highest BCUT2D eigenvalue weighted by Crippen LogP contribution is 2.39. The second-order valence-corrected chi connectivity index (χ2v) is 11.3. The van der Waals surface area contributed by atoms with Crippen molar-refractivity contribution in [2.24, 2.45) is 29.2 Å². The van der Waals surface area contributed by atoms with Crippen molar-refractivity contribution in [2.45, 2.75) is 82.5 Å². The van der Waals surface area contributed by atoms with Crippen molar-refractivity contribution in [3.05, 3.63) is 35.4 Å². The van der Waals surface area contributed by atoms with Crippen LogP contribution < -0.4 is 22.1 Å². The van der Waals surface area contributed by atoms with Gasteiger partial charge in [0.1, 0.15) is 5.66 Å². The van der Waals surface area contributed by atoms with E-state index in [0.717, 1.165) is 83.8 Å². The minimum atomic E-state index is -1.36. The number of fused-ring (bicyclic) bond motifs is 1. The van der Waals surface area contributed by atoms with Crippen molar-refractivity contribution >= 4 is 11.7 Å². The van der Waals surface area contributed by atoms with Crippen LogP contribution in [0.3, 0.4) is 0 Å². The van der Waals surface area contributed by atoms with E-state index in [9.17, 15) is 9.59 Å². The minimum Gasteiger partial charge on any atom is -0.329 e. The molecule has 0 bridgehead atoms. The van der Waals surface area contributed by atoms with Gasteiger partial charge in [-0.25, -0.2) is 0 Å². The summed E-state index contributed by atoms with van der Waals surface area (Å²) in [5.41, 5.74) is 13.4. The lowest BCUT2D eigenvalue weighted by molar-refractivity contribution is -0.141. The van der Waals surface area contributed by atoms with Gasteiger partial charge in [-0.05, 0) is 69.5 Å². The van der Waals surface area contributed by atoms with E-state index in [1.807, 2.05) is 0 Å². The molecule has 2 saturated carbocycles.